The standard InChI is InChI=1S/C22H15ClN2O4/c23-17-10-6-15(7-11-17)20-14-21(26)24(18-4-2-1-3-5-18)22(29-20)16-8-12-19(13-9-16)25(27)28/h1-14,22H/t22-/m1/s1. The van der Waals surface area contributed by atoms with Crippen LogP contribution >= 0.6 is 11.6 Å². The lowest BCUT2D eigenvalue weighted by atomic mass is 10.1. The molecule has 0 fully saturated rings. The fourth-order valence-electron chi connectivity index (χ4n) is 3.10. The molecule has 1 aliphatic rings. The van der Waals surface area contributed by atoms with Crippen LogP contribution in [-0.4, -0.2) is 10.8 Å². The lowest BCUT2D eigenvalue weighted by Gasteiger charge is -2.35. The van der Waals surface area contributed by atoms with Crippen LogP contribution in [0, 0.1) is 10.1 Å². The van der Waals surface area contributed by atoms with Crippen molar-refractivity contribution in [2.45, 2.75) is 6.23 Å². The number of hydrogen-bond donors (Lipinski definition) is 0. The number of para-hydroxylation sites is 1. The Bertz CT molecular complexity index is 1080. The van der Waals surface area contributed by atoms with Crippen molar-refractivity contribution in [2.24, 2.45) is 0 Å². The molecule has 0 aliphatic carbocycles. The number of halogens is 1. The molecule has 1 heterocycles. The number of ether oxygens (including phenoxy) is 1. The van der Waals surface area contributed by atoms with Crippen molar-refractivity contribution in [3.05, 3.63) is 111 Å². The van der Waals surface area contributed by atoms with Crippen molar-refractivity contribution in [1.82, 2.24) is 0 Å². The van der Waals surface area contributed by atoms with Crippen LogP contribution < -0.4 is 4.90 Å². The van der Waals surface area contributed by atoms with Crippen LogP contribution in [-0.2, 0) is 9.53 Å². The number of benzene rings is 3. The summed E-state index contributed by atoms with van der Waals surface area (Å²) in [6.07, 6.45) is 0.652. The van der Waals surface area contributed by atoms with Crippen LogP contribution in [0.4, 0.5) is 11.4 Å². The molecule has 1 aliphatic heterocycles. The average Bonchev–Trinajstić information content (AvgIpc) is 2.74. The van der Waals surface area contributed by atoms with Gasteiger partial charge < -0.3 is 4.74 Å². The number of anilines is 1. The molecule has 0 radical (unpaired) electrons. The molecular weight excluding hydrogens is 392 g/mol. The average molecular weight is 407 g/mol. The largest absolute Gasteiger partial charge is 0.465 e. The summed E-state index contributed by atoms with van der Waals surface area (Å²) in [6, 6.07) is 22.1. The zero-order valence-electron chi connectivity index (χ0n) is 15.1. The van der Waals surface area contributed by atoms with E-state index in [0.29, 0.717) is 27.6 Å². The zero-order valence-corrected chi connectivity index (χ0v) is 15.8. The van der Waals surface area contributed by atoms with Crippen LogP contribution in [0.2, 0.25) is 5.02 Å². The van der Waals surface area contributed by atoms with Gasteiger partial charge in [-0.3, -0.25) is 19.8 Å². The van der Waals surface area contributed by atoms with Gasteiger partial charge in [0.1, 0.15) is 5.76 Å². The number of rotatable bonds is 4. The second-order valence-electron chi connectivity index (χ2n) is 6.38. The lowest BCUT2D eigenvalue weighted by molar-refractivity contribution is -0.384. The summed E-state index contributed by atoms with van der Waals surface area (Å²) >= 11 is 5.96. The maximum Gasteiger partial charge on any atom is 0.269 e. The normalized spacial score (nSPS) is 16.2. The van der Waals surface area contributed by atoms with Crippen LogP contribution in [0.5, 0.6) is 0 Å². The Morgan fingerprint density at radius 1 is 0.931 bits per heavy atom. The molecular formula is C22H15ClN2O4. The predicted molar refractivity (Wildman–Crippen MR) is 110 cm³/mol. The molecule has 3 aromatic rings. The van der Waals surface area contributed by atoms with Gasteiger partial charge in [0.15, 0.2) is 0 Å². The van der Waals surface area contributed by atoms with E-state index < -0.39 is 11.2 Å². The van der Waals surface area contributed by atoms with E-state index in [4.69, 9.17) is 16.3 Å². The number of amides is 1. The summed E-state index contributed by atoms with van der Waals surface area (Å²) in [4.78, 5) is 25.1. The molecule has 4 rings (SSSR count). The molecule has 0 saturated heterocycles. The fraction of sp³-hybridized carbons (Fsp3) is 0.0455. The van der Waals surface area contributed by atoms with Gasteiger partial charge in [-0.25, -0.2) is 0 Å². The molecule has 144 valence electrons. The van der Waals surface area contributed by atoms with Crippen molar-refractivity contribution < 1.29 is 14.5 Å². The third-order valence-corrected chi connectivity index (χ3v) is 4.77. The van der Waals surface area contributed by atoms with E-state index in [-0.39, 0.29) is 11.6 Å². The summed E-state index contributed by atoms with van der Waals surface area (Å²) in [7, 11) is 0. The molecule has 1 amide bonds. The van der Waals surface area contributed by atoms with Crippen LogP contribution in [0.25, 0.3) is 5.76 Å². The third kappa shape index (κ3) is 3.83. The van der Waals surface area contributed by atoms with Crippen molar-refractivity contribution >= 4 is 34.6 Å². The fourth-order valence-corrected chi connectivity index (χ4v) is 3.22. The van der Waals surface area contributed by atoms with E-state index in [9.17, 15) is 14.9 Å². The molecule has 0 spiro atoms. The van der Waals surface area contributed by atoms with Gasteiger partial charge >= 0.3 is 0 Å². The van der Waals surface area contributed by atoms with E-state index >= 15 is 0 Å². The molecule has 0 saturated carbocycles. The van der Waals surface area contributed by atoms with Crippen molar-refractivity contribution in [1.29, 1.82) is 0 Å². The lowest BCUT2D eigenvalue weighted by Crippen LogP contribution is -2.38. The number of nitro benzene ring substituents is 1. The molecule has 0 unspecified atom stereocenters. The first-order valence-corrected chi connectivity index (χ1v) is 9.17. The Kier molecular flexibility index (Phi) is 5.01. The first kappa shape index (κ1) is 18.7. The van der Waals surface area contributed by atoms with E-state index in [1.807, 2.05) is 18.2 Å². The number of non-ortho nitro benzene ring substituents is 1. The molecule has 0 bridgehead atoms. The number of carbonyl (C=O) groups is 1. The monoisotopic (exact) mass is 406 g/mol. The van der Waals surface area contributed by atoms with Crippen LogP contribution in [0.1, 0.15) is 17.4 Å². The minimum Gasteiger partial charge on any atom is -0.465 e. The Labute approximate surface area is 171 Å². The number of nitro groups is 1. The molecule has 0 aromatic heterocycles. The highest BCUT2D eigenvalue weighted by atomic mass is 35.5. The molecule has 6 nitrogen and oxygen atoms in total. The Hall–Kier alpha value is -3.64. The molecule has 3 aromatic carbocycles. The van der Waals surface area contributed by atoms with Gasteiger partial charge in [-0.15, -0.1) is 0 Å². The SMILES string of the molecule is O=C1C=C(c2ccc(Cl)cc2)O[C@H](c2ccc([N+](=O)[O-])cc2)N1c1ccccc1. The van der Waals surface area contributed by atoms with Crippen molar-refractivity contribution in [3.8, 4) is 0 Å². The van der Waals surface area contributed by atoms with E-state index in [0.717, 1.165) is 0 Å². The quantitative estimate of drug-likeness (QED) is 0.432. The van der Waals surface area contributed by atoms with Crippen molar-refractivity contribution in [2.75, 3.05) is 4.90 Å². The zero-order chi connectivity index (χ0) is 20.4. The Morgan fingerprint density at radius 2 is 1.59 bits per heavy atom. The topological polar surface area (TPSA) is 72.7 Å². The van der Waals surface area contributed by atoms with Gasteiger partial charge in [-0.1, -0.05) is 29.8 Å². The van der Waals surface area contributed by atoms with Crippen molar-refractivity contribution in [3.63, 3.8) is 0 Å². The minimum absolute atomic E-state index is 0.0318. The first-order chi connectivity index (χ1) is 14.0. The van der Waals surface area contributed by atoms with Gasteiger partial charge in [-0.05, 0) is 48.5 Å². The molecule has 29 heavy (non-hydrogen) atoms. The minimum atomic E-state index is -0.776. The molecule has 7 heteroatoms. The predicted octanol–water partition coefficient (Wildman–Crippen LogP) is 5.35. The van der Waals surface area contributed by atoms with E-state index in [2.05, 4.69) is 0 Å². The highest BCUT2D eigenvalue weighted by molar-refractivity contribution is 6.30. The van der Waals surface area contributed by atoms with Gasteiger partial charge in [0, 0.05) is 40.0 Å². The Balaban J connectivity index is 1.77. The Morgan fingerprint density at radius 3 is 2.21 bits per heavy atom. The maximum atomic E-state index is 13.0. The first-order valence-electron chi connectivity index (χ1n) is 8.80. The number of hydrogen-bond acceptors (Lipinski definition) is 4. The van der Waals surface area contributed by atoms with E-state index in [1.54, 1.807) is 48.5 Å². The smallest absolute Gasteiger partial charge is 0.269 e. The summed E-state index contributed by atoms with van der Waals surface area (Å²) in [6.45, 7) is 0. The second-order valence-corrected chi connectivity index (χ2v) is 6.81. The molecule has 1 atom stereocenters. The van der Waals surface area contributed by atoms with Gasteiger partial charge in [0.2, 0.25) is 6.23 Å². The van der Waals surface area contributed by atoms with Crippen LogP contribution in [0.15, 0.2) is 84.9 Å². The highest BCUT2D eigenvalue weighted by Gasteiger charge is 2.33. The summed E-state index contributed by atoms with van der Waals surface area (Å²) in [5.41, 5.74) is 1.96. The number of carbonyl (C=O) groups excluding carboxylic acids is 1. The maximum absolute atomic E-state index is 13.0. The van der Waals surface area contributed by atoms with Gasteiger partial charge in [-0.2, -0.15) is 0 Å². The molecule has 0 N–H and O–H groups in total. The van der Waals surface area contributed by atoms with Crippen LogP contribution in [0.3, 0.4) is 0 Å². The second kappa shape index (κ2) is 7.77. The summed E-state index contributed by atoms with van der Waals surface area (Å²) in [5, 5.41) is 11.6. The van der Waals surface area contributed by atoms with E-state index in [1.165, 1.54) is 23.1 Å². The van der Waals surface area contributed by atoms with Gasteiger partial charge in [0.25, 0.3) is 11.6 Å². The third-order valence-electron chi connectivity index (χ3n) is 4.52. The summed E-state index contributed by atoms with van der Waals surface area (Å²) in [5.74, 6) is 0.151. The summed E-state index contributed by atoms with van der Waals surface area (Å²) < 4.78 is 6.19. The van der Waals surface area contributed by atoms with Gasteiger partial charge in [0.05, 0.1) is 4.92 Å². The number of nitrogens with zero attached hydrogens (tertiary/aromatic N) is 2. The highest BCUT2D eigenvalue weighted by Crippen LogP contribution is 2.37.